The standard InChI is InChI=1S/C29H38N4O3/c1-21-18-32(26(17-30-21)28(35)31-11-13-36-14-12-31)19-27(34)33-20-29(2,3)24-10-9-23(16-25(24)33)15-22-7-5-4-6-8-22/h4-10,16,21,26,30H,11-15,17-20H2,1-3H3. The average Bonchev–Trinajstić information content (AvgIpc) is 3.15. The van der Waals surface area contributed by atoms with Crippen molar-refractivity contribution in [2.45, 2.75) is 44.7 Å². The summed E-state index contributed by atoms with van der Waals surface area (Å²) in [5.41, 5.74) is 4.56. The Balaban J connectivity index is 1.35. The van der Waals surface area contributed by atoms with Gasteiger partial charge in [0, 0.05) is 49.9 Å². The van der Waals surface area contributed by atoms with Crippen molar-refractivity contribution in [3.05, 3.63) is 65.2 Å². The topological polar surface area (TPSA) is 65.1 Å². The Bertz CT molecular complexity index is 1100. The number of ether oxygens (including phenoxy) is 1. The molecule has 0 aromatic heterocycles. The molecular formula is C29H38N4O3. The van der Waals surface area contributed by atoms with Gasteiger partial charge in [0.25, 0.3) is 0 Å². The van der Waals surface area contributed by atoms with Gasteiger partial charge in [-0.1, -0.05) is 56.3 Å². The lowest BCUT2D eigenvalue weighted by Gasteiger charge is -2.41. The van der Waals surface area contributed by atoms with E-state index in [0.717, 1.165) is 12.1 Å². The fourth-order valence-corrected chi connectivity index (χ4v) is 5.76. The number of benzene rings is 2. The number of rotatable bonds is 5. The van der Waals surface area contributed by atoms with Crippen LogP contribution in [-0.2, 0) is 26.2 Å². The number of carbonyl (C=O) groups is 2. The Hall–Kier alpha value is -2.74. The summed E-state index contributed by atoms with van der Waals surface area (Å²) < 4.78 is 5.43. The van der Waals surface area contributed by atoms with Crippen LogP contribution in [0.5, 0.6) is 0 Å². The first-order valence-corrected chi connectivity index (χ1v) is 13.1. The summed E-state index contributed by atoms with van der Waals surface area (Å²) >= 11 is 0. The number of hydrogen-bond donors (Lipinski definition) is 1. The molecule has 3 aliphatic rings. The van der Waals surface area contributed by atoms with Gasteiger partial charge in [-0.05, 0) is 36.1 Å². The fraction of sp³-hybridized carbons (Fsp3) is 0.517. The minimum absolute atomic E-state index is 0.0626. The Kier molecular flexibility index (Phi) is 7.15. The van der Waals surface area contributed by atoms with Gasteiger partial charge in [0.1, 0.15) is 6.04 Å². The third-order valence-corrected chi connectivity index (χ3v) is 7.74. The van der Waals surface area contributed by atoms with Gasteiger partial charge in [-0.25, -0.2) is 0 Å². The highest BCUT2D eigenvalue weighted by Gasteiger charge is 2.41. The van der Waals surface area contributed by atoms with E-state index in [9.17, 15) is 9.59 Å². The molecule has 0 aliphatic carbocycles. The first kappa shape index (κ1) is 24.9. The molecule has 2 amide bonds. The summed E-state index contributed by atoms with van der Waals surface area (Å²) in [5.74, 6) is 0.158. The van der Waals surface area contributed by atoms with Crippen molar-refractivity contribution in [3.63, 3.8) is 0 Å². The Morgan fingerprint density at radius 3 is 2.56 bits per heavy atom. The average molecular weight is 491 g/mol. The molecule has 1 N–H and O–H groups in total. The molecule has 0 spiro atoms. The number of fused-ring (bicyclic) bond motifs is 1. The highest BCUT2D eigenvalue weighted by Crippen LogP contribution is 2.41. The van der Waals surface area contributed by atoms with Crippen LogP contribution in [-0.4, -0.2) is 86.2 Å². The summed E-state index contributed by atoms with van der Waals surface area (Å²) in [6.45, 7) is 11.0. The Morgan fingerprint density at radius 2 is 1.81 bits per heavy atom. The zero-order chi connectivity index (χ0) is 25.3. The van der Waals surface area contributed by atoms with Crippen LogP contribution in [0, 0.1) is 0 Å². The molecule has 7 heteroatoms. The molecule has 2 aromatic carbocycles. The van der Waals surface area contributed by atoms with Gasteiger partial charge in [-0.15, -0.1) is 0 Å². The predicted octanol–water partition coefficient (Wildman–Crippen LogP) is 2.42. The van der Waals surface area contributed by atoms with Crippen LogP contribution >= 0.6 is 0 Å². The highest BCUT2D eigenvalue weighted by molar-refractivity contribution is 5.98. The maximum absolute atomic E-state index is 13.8. The molecule has 0 radical (unpaired) electrons. The van der Waals surface area contributed by atoms with E-state index in [2.05, 4.69) is 73.5 Å². The summed E-state index contributed by atoms with van der Waals surface area (Å²) in [7, 11) is 0. The summed E-state index contributed by atoms with van der Waals surface area (Å²) in [5, 5.41) is 3.44. The van der Waals surface area contributed by atoms with E-state index in [-0.39, 0.29) is 35.9 Å². The highest BCUT2D eigenvalue weighted by atomic mass is 16.5. The molecule has 3 aliphatic heterocycles. The van der Waals surface area contributed by atoms with Crippen LogP contribution in [0.3, 0.4) is 0 Å². The van der Waals surface area contributed by atoms with Crippen LogP contribution in [0.25, 0.3) is 0 Å². The second kappa shape index (κ2) is 10.3. The Labute approximate surface area is 214 Å². The van der Waals surface area contributed by atoms with Crippen molar-refractivity contribution in [2.24, 2.45) is 0 Å². The Morgan fingerprint density at radius 1 is 1.06 bits per heavy atom. The SMILES string of the molecule is CC1CN(CC(=O)N2CC(C)(C)c3ccc(Cc4ccccc4)cc32)C(C(=O)N2CCOCC2)CN1. The maximum Gasteiger partial charge on any atom is 0.241 e. The number of amides is 2. The van der Waals surface area contributed by atoms with E-state index in [1.165, 1.54) is 16.7 Å². The van der Waals surface area contributed by atoms with Crippen molar-refractivity contribution in [2.75, 3.05) is 57.4 Å². The molecule has 0 bridgehead atoms. The zero-order valence-electron chi connectivity index (χ0n) is 21.7. The van der Waals surface area contributed by atoms with Crippen molar-refractivity contribution in [3.8, 4) is 0 Å². The minimum Gasteiger partial charge on any atom is -0.378 e. The summed E-state index contributed by atoms with van der Waals surface area (Å²) in [6.07, 6.45) is 0.835. The molecule has 3 heterocycles. The lowest BCUT2D eigenvalue weighted by Crippen LogP contribution is -2.63. The third kappa shape index (κ3) is 5.19. The number of nitrogens with zero attached hydrogens (tertiary/aromatic N) is 3. The first-order valence-electron chi connectivity index (χ1n) is 13.1. The van der Waals surface area contributed by atoms with Crippen molar-refractivity contribution < 1.29 is 14.3 Å². The second-order valence-corrected chi connectivity index (χ2v) is 11.1. The molecule has 2 aromatic rings. The lowest BCUT2D eigenvalue weighted by molar-refractivity contribution is -0.142. The lowest BCUT2D eigenvalue weighted by atomic mass is 9.86. The number of nitrogens with one attached hydrogen (secondary N) is 1. The second-order valence-electron chi connectivity index (χ2n) is 11.1. The van der Waals surface area contributed by atoms with Gasteiger partial charge < -0.3 is 19.9 Å². The molecule has 5 rings (SSSR count). The van der Waals surface area contributed by atoms with Crippen LogP contribution in [0.1, 0.15) is 37.5 Å². The van der Waals surface area contributed by atoms with Gasteiger partial charge >= 0.3 is 0 Å². The van der Waals surface area contributed by atoms with Crippen LogP contribution < -0.4 is 10.2 Å². The summed E-state index contributed by atoms with van der Waals surface area (Å²) in [6, 6.07) is 16.9. The molecule has 2 saturated heterocycles. The van der Waals surface area contributed by atoms with Crippen LogP contribution in [0.4, 0.5) is 5.69 Å². The van der Waals surface area contributed by atoms with E-state index < -0.39 is 0 Å². The number of piperazine rings is 1. The number of anilines is 1. The predicted molar refractivity (Wildman–Crippen MR) is 141 cm³/mol. The van der Waals surface area contributed by atoms with Crippen LogP contribution in [0.2, 0.25) is 0 Å². The molecule has 2 unspecified atom stereocenters. The maximum atomic E-state index is 13.8. The molecule has 192 valence electrons. The van der Waals surface area contributed by atoms with Gasteiger partial charge in [0.15, 0.2) is 0 Å². The first-order chi connectivity index (χ1) is 17.3. The van der Waals surface area contributed by atoms with E-state index >= 15 is 0 Å². The normalized spacial score (nSPS) is 24.0. The molecule has 2 atom stereocenters. The number of morpholine rings is 1. The van der Waals surface area contributed by atoms with E-state index in [4.69, 9.17) is 4.74 Å². The molecule has 36 heavy (non-hydrogen) atoms. The van der Waals surface area contributed by atoms with Gasteiger partial charge in [-0.3, -0.25) is 14.5 Å². The minimum atomic E-state index is -0.331. The smallest absolute Gasteiger partial charge is 0.241 e. The van der Waals surface area contributed by atoms with Gasteiger partial charge in [-0.2, -0.15) is 0 Å². The van der Waals surface area contributed by atoms with Crippen molar-refractivity contribution in [1.82, 2.24) is 15.1 Å². The third-order valence-electron chi connectivity index (χ3n) is 7.74. The van der Waals surface area contributed by atoms with E-state index in [1.54, 1.807) is 0 Å². The van der Waals surface area contributed by atoms with Gasteiger partial charge in [0.2, 0.25) is 11.8 Å². The molecular weight excluding hydrogens is 452 g/mol. The van der Waals surface area contributed by atoms with Crippen LogP contribution in [0.15, 0.2) is 48.5 Å². The van der Waals surface area contributed by atoms with Crippen molar-refractivity contribution >= 4 is 17.5 Å². The zero-order valence-corrected chi connectivity index (χ0v) is 21.7. The quantitative estimate of drug-likeness (QED) is 0.698. The monoisotopic (exact) mass is 490 g/mol. The van der Waals surface area contributed by atoms with Gasteiger partial charge in [0.05, 0.1) is 19.8 Å². The largest absolute Gasteiger partial charge is 0.378 e. The molecule has 7 nitrogen and oxygen atoms in total. The summed E-state index contributed by atoms with van der Waals surface area (Å²) in [4.78, 5) is 33.1. The number of hydrogen-bond acceptors (Lipinski definition) is 5. The van der Waals surface area contributed by atoms with E-state index in [1.807, 2.05) is 15.9 Å². The fourth-order valence-electron chi connectivity index (χ4n) is 5.76. The number of carbonyl (C=O) groups excluding carboxylic acids is 2. The molecule has 0 saturated carbocycles. The molecule has 2 fully saturated rings. The van der Waals surface area contributed by atoms with Crippen molar-refractivity contribution in [1.29, 1.82) is 0 Å². The van der Waals surface area contributed by atoms with E-state index in [0.29, 0.717) is 45.9 Å².